The van der Waals surface area contributed by atoms with Gasteiger partial charge in [-0.1, -0.05) is 272 Å². The zero-order valence-electron chi connectivity index (χ0n) is 56.1. The molecular formula is C78H125NO8P+. The van der Waals surface area contributed by atoms with Crippen LogP contribution in [0.5, 0.6) is 0 Å². The van der Waals surface area contributed by atoms with Crippen molar-refractivity contribution < 1.29 is 42.1 Å². The van der Waals surface area contributed by atoms with Gasteiger partial charge in [0.25, 0.3) is 0 Å². The molecule has 0 aromatic carbocycles. The van der Waals surface area contributed by atoms with Crippen molar-refractivity contribution in [3.8, 4) is 0 Å². The van der Waals surface area contributed by atoms with Crippen LogP contribution in [0.25, 0.3) is 0 Å². The SMILES string of the molecule is CC/C=C\C/C=C\C/C=C\C/C=C\C/C=C\C/C=C\C/C=C\C/C=C\C/C=C\C/C=C\C/C=C\CCCCCCCC(=O)OC(COC(=O)CCCCCCCCCCC/C=C\C/C=C\C/C=C\C/C=C\C/C=C\CC)COP(=O)(O)OCC[N+](C)(C)C. The zero-order chi connectivity index (χ0) is 64.1. The molecule has 1 N–H and O–H groups in total. The smallest absolute Gasteiger partial charge is 0.462 e. The summed E-state index contributed by atoms with van der Waals surface area (Å²) in [6.45, 7) is 4.15. The molecule has 0 fully saturated rings. The molecule has 494 valence electrons. The summed E-state index contributed by atoms with van der Waals surface area (Å²) < 4.78 is 34.6. The predicted molar refractivity (Wildman–Crippen MR) is 380 cm³/mol. The Morgan fingerprint density at radius 1 is 0.352 bits per heavy atom. The second-order valence-electron chi connectivity index (χ2n) is 23.1. The molecule has 2 unspecified atom stereocenters. The van der Waals surface area contributed by atoms with E-state index in [1.807, 2.05) is 21.1 Å². The number of likely N-dealkylation sites (N-methyl/N-ethyl adjacent to an activating group) is 1. The van der Waals surface area contributed by atoms with E-state index in [-0.39, 0.29) is 32.0 Å². The third-order valence-electron chi connectivity index (χ3n) is 13.6. The molecule has 0 bridgehead atoms. The first kappa shape index (κ1) is 82.8. The fourth-order valence-electron chi connectivity index (χ4n) is 8.46. The topological polar surface area (TPSA) is 108 Å². The van der Waals surface area contributed by atoms with E-state index in [0.717, 1.165) is 167 Å². The van der Waals surface area contributed by atoms with Crippen LogP contribution in [0.1, 0.15) is 232 Å². The van der Waals surface area contributed by atoms with Crippen LogP contribution in [0, 0.1) is 0 Å². The van der Waals surface area contributed by atoms with Crippen molar-refractivity contribution in [2.45, 2.75) is 238 Å². The van der Waals surface area contributed by atoms with Gasteiger partial charge in [-0.3, -0.25) is 18.6 Å². The van der Waals surface area contributed by atoms with Crippen LogP contribution >= 0.6 is 7.82 Å². The number of allylic oxidation sites excluding steroid dienone is 32. The molecule has 2 atom stereocenters. The fraction of sp³-hybridized carbons (Fsp3) is 0.564. The molecular weight excluding hydrogens is 1110 g/mol. The van der Waals surface area contributed by atoms with E-state index in [4.69, 9.17) is 18.5 Å². The minimum atomic E-state index is -4.41. The maximum Gasteiger partial charge on any atom is 0.472 e. The number of unbranched alkanes of at least 4 members (excludes halogenated alkanes) is 14. The molecule has 0 amide bonds. The summed E-state index contributed by atoms with van der Waals surface area (Å²) in [5, 5.41) is 0. The van der Waals surface area contributed by atoms with Gasteiger partial charge >= 0.3 is 19.8 Å². The first-order valence-corrected chi connectivity index (χ1v) is 35.7. The Bertz CT molecular complexity index is 2190. The largest absolute Gasteiger partial charge is 0.472 e. The van der Waals surface area contributed by atoms with Gasteiger partial charge < -0.3 is 18.9 Å². The normalized spacial score (nSPS) is 14.4. The quantitative estimate of drug-likeness (QED) is 0.0211. The number of phosphoric ester groups is 1. The molecule has 0 aromatic rings. The molecule has 0 aliphatic carbocycles. The number of carbonyl (C=O) groups is 2. The van der Waals surface area contributed by atoms with Gasteiger partial charge in [0.05, 0.1) is 27.7 Å². The van der Waals surface area contributed by atoms with Crippen LogP contribution in [-0.4, -0.2) is 74.9 Å². The van der Waals surface area contributed by atoms with Gasteiger partial charge in [0.15, 0.2) is 6.10 Å². The fourth-order valence-corrected chi connectivity index (χ4v) is 9.20. The summed E-state index contributed by atoms with van der Waals surface area (Å²) in [5.74, 6) is -0.841. The molecule has 0 rings (SSSR count). The van der Waals surface area contributed by atoms with Crippen LogP contribution in [0.2, 0.25) is 0 Å². The number of hydrogen-bond acceptors (Lipinski definition) is 7. The number of hydrogen-bond donors (Lipinski definition) is 1. The Morgan fingerprint density at radius 2 is 0.614 bits per heavy atom. The highest BCUT2D eigenvalue weighted by atomic mass is 31.2. The summed E-state index contributed by atoms with van der Waals surface area (Å²) in [6, 6.07) is 0. The first-order valence-electron chi connectivity index (χ1n) is 34.2. The highest BCUT2D eigenvalue weighted by molar-refractivity contribution is 7.47. The highest BCUT2D eigenvalue weighted by Crippen LogP contribution is 2.43. The number of nitrogens with zero attached hydrogens (tertiary/aromatic N) is 1. The van der Waals surface area contributed by atoms with E-state index >= 15 is 0 Å². The van der Waals surface area contributed by atoms with Crippen molar-refractivity contribution in [2.24, 2.45) is 0 Å². The number of ether oxygens (including phenoxy) is 2. The highest BCUT2D eigenvalue weighted by Gasteiger charge is 2.27. The Hall–Kier alpha value is -5.15. The van der Waals surface area contributed by atoms with Gasteiger partial charge in [0.1, 0.15) is 19.8 Å². The van der Waals surface area contributed by atoms with E-state index in [9.17, 15) is 19.0 Å². The van der Waals surface area contributed by atoms with Gasteiger partial charge in [-0.15, -0.1) is 0 Å². The van der Waals surface area contributed by atoms with E-state index < -0.39 is 26.5 Å². The zero-order valence-corrected chi connectivity index (χ0v) is 57.0. The second-order valence-corrected chi connectivity index (χ2v) is 24.5. The third kappa shape index (κ3) is 69.9. The molecule has 0 aromatic heterocycles. The lowest BCUT2D eigenvalue weighted by Crippen LogP contribution is -2.37. The maximum atomic E-state index is 12.9. The van der Waals surface area contributed by atoms with Gasteiger partial charge in [-0.2, -0.15) is 0 Å². The third-order valence-corrected chi connectivity index (χ3v) is 14.6. The molecule has 0 saturated carbocycles. The van der Waals surface area contributed by atoms with Crippen molar-refractivity contribution in [3.05, 3.63) is 194 Å². The molecule has 0 heterocycles. The Labute approximate surface area is 539 Å². The van der Waals surface area contributed by atoms with E-state index in [0.29, 0.717) is 17.4 Å². The van der Waals surface area contributed by atoms with Crippen molar-refractivity contribution in [3.63, 3.8) is 0 Å². The van der Waals surface area contributed by atoms with Crippen LogP contribution in [0.3, 0.4) is 0 Å². The molecule has 10 heteroatoms. The lowest BCUT2D eigenvalue weighted by molar-refractivity contribution is -0.870. The maximum absolute atomic E-state index is 12.9. The number of quaternary nitrogens is 1. The second kappa shape index (κ2) is 66.3. The predicted octanol–water partition coefficient (Wildman–Crippen LogP) is 22.5. The monoisotopic (exact) mass is 1230 g/mol. The van der Waals surface area contributed by atoms with E-state index in [1.54, 1.807) is 0 Å². The van der Waals surface area contributed by atoms with Crippen LogP contribution in [-0.2, 0) is 32.7 Å². The molecule has 0 aliphatic rings. The van der Waals surface area contributed by atoms with Crippen LogP contribution < -0.4 is 0 Å². The molecule has 0 saturated heterocycles. The molecule has 0 aliphatic heterocycles. The van der Waals surface area contributed by atoms with Gasteiger partial charge in [0, 0.05) is 12.8 Å². The van der Waals surface area contributed by atoms with E-state index in [1.165, 1.54) is 32.1 Å². The average Bonchev–Trinajstić information content (AvgIpc) is 3.68. The standard InChI is InChI=1S/C78H124NO8P/c1-6-8-10-12-14-16-18-20-22-24-26-28-30-32-33-34-35-36-37-38-39-40-41-42-43-44-45-47-49-51-53-55-57-59-61-63-65-67-69-71-78(81)87-76(75-86-88(82,83)85-73-72-79(3,4)5)74-84-77(80)70-68-66-64-62-60-58-56-54-52-50-48-46-31-29-27-25-23-21-19-17-15-13-11-9-7-2/h8-11,14-17,20-23,26-29,32-33,35-36,38-39,41-42,44-46,48-49,51,55,57,76H,6-7,12-13,18-19,24-25,30-31,34,37,40,43,47,50,52-54,56,58-75H2,1-5H3/p+1/b10-8-,11-9-,16-14-,17-15-,22-20-,23-21-,28-26-,29-27-,33-32-,36-35-,39-38-,42-41-,45-44-,48-46-,51-49-,57-55-. The van der Waals surface area contributed by atoms with Gasteiger partial charge in [0.2, 0.25) is 0 Å². The molecule has 88 heavy (non-hydrogen) atoms. The average molecular weight is 1240 g/mol. The minimum Gasteiger partial charge on any atom is -0.462 e. The Balaban J connectivity index is 4.21. The van der Waals surface area contributed by atoms with Crippen molar-refractivity contribution >= 4 is 19.8 Å². The molecule has 0 spiro atoms. The molecule has 0 radical (unpaired) electrons. The molecule has 9 nitrogen and oxygen atoms in total. The summed E-state index contributed by atoms with van der Waals surface area (Å²) >= 11 is 0. The number of carbonyl (C=O) groups excluding carboxylic acids is 2. The lowest BCUT2D eigenvalue weighted by atomic mass is 10.1. The van der Waals surface area contributed by atoms with Crippen molar-refractivity contribution in [2.75, 3.05) is 47.5 Å². The van der Waals surface area contributed by atoms with Crippen LogP contribution in [0.4, 0.5) is 0 Å². The minimum absolute atomic E-state index is 0.0155. The van der Waals surface area contributed by atoms with E-state index in [2.05, 4.69) is 208 Å². The van der Waals surface area contributed by atoms with Crippen LogP contribution in [0.15, 0.2) is 194 Å². The summed E-state index contributed by atoms with van der Waals surface area (Å²) in [6.07, 6.45) is 104. The van der Waals surface area contributed by atoms with Crippen molar-refractivity contribution in [1.29, 1.82) is 0 Å². The summed E-state index contributed by atoms with van der Waals surface area (Å²) in [5.41, 5.74) is 0. The van der Waals surface area contributed by atoms with Crippen molar-refractivity contribution in [1.82, 2.24) is 0 Å². The Morgan fingerprint density at radius 3 is 0.909 bits per heavy atom. The number of phosphoric acid groups is 1. The Kier molecular flexibility index (Phi) is 62.4. The summed E-state index contributed by atoms with van der Waals surface area (Å²) in [7, 11) is 1.43. The van der Waals surface area contributed by atoms with Gasteiger partial charge in [-0.25, -0.2) is 4.57 Å². The number of rotatable bonds is 60. The summed E-state index contributed by atoms with van der Waals surface area (Å²) in [4.78, 5) is 35.8. The van der Waals surface area contributed by atoms with Gasteiger partial charge in [-0.05, 0) is 141 Å². The lowest BCUT2D eigenvalue weighted by Gasteiger charge is -2.24. The number of esters is 2. The first-order chi connectivity index (χ1) is 43.0.